The number of likely N-dealkylation sites (N-methyl/N-ethyl adjacent to an activating group) is 1. The van der Waals surface area contributed by atoms with E-state index >= 15 is 0 Å². The molecule has 0 saturated carbocycles. The minimum atomic E-state index is -0.0866. The van der Waals surface area contributed by atoms with Crippen LogP contribution in [0.2, 0.25) is 0 Å². The lowest BCUT2D eigenvalue weighted by molar-refractivity contribution is 0.0983. The van der Waals surface area contributed by atoms with Gasteiger partial charge in [-0.25, -0.2) is 9.97 Å². The maximum atomic E-state index is 13.5. The molecule has 0 aliphatic rings. The molecule has 0 saturated heterocycles. The average Bonchev–Trinajstić information content (AvgIpc) is 3.34. The Morgan fingerprint density at radius 2 is 1.70 bits per heavy atom. The van der Waals surface area contributed by atoms with Crippen molar-refractivity contribution < 1.29 is 4.79 Å². The van der Waals surface area contributed by atoms with Gasteiger partial charge in [0.15, 0.2) is 10.1 Å². The van der Waals surface area contributed by atoms with Crippen molar-refractivity contribution in [2.75, 3.05) is 31.1 Å². The number of hydrogen-bond donors (Lipinski definition) is 0. The predicted octanol–water partition coefficient (Wildman–Crippen LogP) is 6.08. The van der Waals surface area contributed by atoms with Crippen molar-refractivity contribution in [2.45, 2.75) is 13.8 Å². The number of rotatable bonds is 7. The topological polar surface area (TPSA) is 49.3 Å². The van der Waals surface area contributed by atoms with Gasteiger partial charge in [-0.05, 0) is 43.4 Å². The highest BCUT2D eigenvalue weighted by Gasteiger charge is 2.24. The monoisotopic (exact) mass is 524 g/mol. The molecule has 30 heavy (non-hydrogen) atoms. The van der Waals surface area contributed by atoms with Crippen molar-refractivity contribution in [1.29, 1.82) is 0 Å². The fourth-order valence-corrected chi connectivity index (χ4v) is 5.60. The Bertz CT molecular complexity index is 1130. The van der Waals surface area contributed by atoms with E-state index in [1.54, 1.807) is 4.90 Å². The van der Waals surface area contributed by atoms with Gasteiger partial charge in [0, 0.05) is 17.6 Å². The van der Waals surface area contributed by atoms with E-state index in [4.69, 9.17) is 4.98 Å². The molecule has 0 N–H and O–H groups in total. The van der Waals surface area contributed by atoms with E-state index in [0.717, 1.165) is 49.7 Å². The minimum Gasteiger partial charge on any atom is -0.302 e. The number of halogens is 2. The fraction of sp³-hybridized carbons (Fsp3) is 0.286. The summed E-state index contributed by atoms with van der Waals surface area (Å²) in [5, 5.41) is 1.22. The Balaban J connectivity index is 0.00000256. The number of carbonyl (C=O) groups excluding carboxylic acids is 1. The van der Waals surface area contributed by atoms with Gasteiger partial charge >= 0.3 is 0 Å². The molecule has 1 amide bonds. The van der Waals surface area contributed by atoms with Crippen LogP contribution in [-0.4, -0.2) is 47.0 Å². The summed E-state index contributed by atoms with van der Waals surface area (Å²) >= 11 is 6.49. The van der Waals surface area contributed by atoms with E-state index < -0.39 is 0 Å². The van der Waals surface area contributed by atoms with Crippen LogP contribution in [0.3, 0.4) is 0 Å². The number of hydrogen-bond acceptors (Lipinski definition) is 6. The molecule has 4 rings (SSSR count). The molecular formula is C21H22BrClN4OS2. The molecule has 0 unspecified atom stereocenters. The van der Waals surface area contributed by atoms with Crippen LogP contribution in [0, 0.1) is 0 Å². The molecule has 5 nitrogen and oxygen atoms in total. The van der Waals surface area contributed by atoms with Crippen molar-refractivity contribution in [2.24, 2.45) is 0 Å². The Labute approximate surface area is 198 Å². The molecule has 0 atom stereocenters. The number of aromatic nitrogens is 2. The molecule has 9 heteroatoms. The summed E-state index contributed by atoms with van der Waals surface area (Å²) in [6.45, 7) is 7.55. The van der Waals surface area contributed by atoms with E-state index in [2.05, 4.69) is 39.7 Å². The van der Waals surface area contributed by atoms with Crippen LogP contribution in [0.15, 0.2) is 46.9 Å². The normalized spacial score (nSPS) is 11.2. The first-order valence-electron chi connectivity index (χ1n) is 9.55. The summed E-state index contributed by atoms with van der Waals surface area (Å²) in [6.07, 6.45) is 0. The van der Waals surface area contributed by atoms with Crippen LogP contribution in [0.4, 0.5) is 5.13 Å². The molecule has 4 aromatic rings. The van der Waals surface area contributed by atoms with Crippen LogP contribution in [0.5, 0.6) is 0 Å². The third-order valence-corrected chi connectivity index (χ3v) is 7.39. The highest BCUT2D eigenvalue weighted by Crippen LogP contribution is 2.32. The lowest BCUT2D eigenvalue weighted by Gasteiger charge is -2.24. The summed E-state index contributed by atoms with van der Waals surface area (Å²) in [4.78, 5) is 26.9. The highest BCUT2D eigenvalue weighted by molar-refractivity contribution is 9.10. The minimum absolute atomic E-state index is 0. The highest BCUT2D eigenvalue weighted by atomic mass is 79.9. The molecule has 2 aromatic heterocycles. The van der Waals surface area contributed by atoms with Crippen LogP contribution in [-0.2, 0) is 0 Å². The molecule has 2 aromatic carbocycles. The number of para-hydroxylation sites is 1. The second kappa shape index (κ2) is 10.2. The Morgan fingerprint density at radius 1 is 0.967 bits per heavy atom. The Hall–Kier alpha value is -1.58. The standard InChI is InChI=1S/C21H21BrN4OS2.ClH/c1-3-25(4-2)11-12-26(21-24-16-10-9-14(22)13-18(16)29-21)20(27)19-23-15-7-5-6-8-17(15)28-19;/h5-10,13H,3-4,11-12H2,1-2H3;1H. The first kappa shape index (κ1) is 23.1. The zero-order valence-corrected chi connectivity index (χ0v) is 20.7. The number of benzene rings is 2. The predicted molar refractivity (Wildman–Crippen MR) is 134 cm³/mol. The second-order valence-corrected chi connectivity index (χ2v) is 9.53. The van der Waals surface area contributed by atoms with E-state index in [1.807, 2.05) is 42.5 Å². The lowest BCUT2D eigenvalue weighted by atomic mass is 10.3. The van der Waals surface area contributed by atoms with Crippen LogP contribution < -0.4 is 4.90 Å². The number of anilines is 1. The zero-order chi connectivity index (χ0) is 20.4. The summed E-state index contributed by atoms with van der Waals surface area (Å²) in [5.41, 5.74) is 1.76. The number of carbonyl (C=O) groups is 1. The summed E-state index contributed by atoms with van der Waals surface area (Å²) < 4.78 is 3.08. The number of amides is 1. The molecule has 2 heterocycles. The molecule has 0 aliphatic heterocycles. The van der Waals surface area contributed by atoms with Crippen molar-refractivity contribution in [1.82, 2.24) is 14.9 Å². The summed E-state index contributed by atoms with van der Waals surface area (Å²) in [6, 6.07) is 13.8. The van der Waals surface area contributed by atoms with Gasteiger partial charge in [-0.2, -0.15) is 0 Å². The first-order chi connectivity index (χ1) is 14.1. The largest absolute Gasteiger partial charge is 0.302 e. The van der Waals surface area contributed by atoms with Gasteiger partial charge in [0.2, 0.25) is 0 Å². The molecule has 0 fully saturated rings. The average molecular weight is 526 g/mol. The Morgan fingerprint density at radius 3 is 2.43 bits per heavy atom. The zero-order valence-electron chi connectivity index (χ0n) is 16.7. The maximum Gasteiger partial charge on any atom is 0.289 e. The number of thiazole rings is 2. The van der Waals surface area contributed by atoms with Gasteiger partial charge in [-0.1, -0.05) is 53.2 Å². The second-order valence-electron chi connectivity index (χ2n) is 6.58. The smallest absolute Gasteiger partial charge is 0.289 e. The van der Waals surface area contributed by atoms with Crippen molar-refractivity contribution in [3.8, 4) is 0 Å². The van der Waals surface area contributed by atoms with Crippen molar-refractivity contribution >= 4 is 82.5 Å². The van der Waals surface area contributed by atoms with Crippen molar-refractivity contribution in [3.05, 3.63) is 51.9 Å². The first-order valence-corrected chi connectivity index (χ1v) is 12.0. The van der Waals surface area contributed by atoms with Gasteiger partial charge in [0.1, 0.15) is 0 Å². The molecule has 0 radical (unpaired) electrons. The summed E-state index contributed by atoms with van der Waals surface area (Å²) in [5.74, 6) is -0.0866. The van der Waals surface area contributed by atoms with E-state index in [0.29, 0.717) is 11.6 Å². The van der Waals surface area contributed by atoms with Gasteiger partial charge in [0.05, 0.1) is 20.4 Å². The lowest BCUT2D eigenvalue weighted by Crippen LogP contribution is -2.38. The SMILES string of the molecule is CCN(CC)CCN(C(=O)c1nc2ccccc2s1)c1nc2ccc(Br)cc2s1.Cl. The fourth-order valence-electron chi connectivity index (χ4n) is 3.15. The van der Waals surface area contributed by atoms with E-state index in [1.165, 1.54) is 22.7 Å². The molecule has 0 bridgehead atoms. The van der Waals surface area contributed by atoms with E-state index in [-0.39, 0.29) is 18.3 Å². The molecular weight excluding hydrogens is 504 g/mol. The molecule has 0 spiro atoms. The van der Waals surface area contributed by atoms with E-state index in [9.17, 15) is 4.79 Å². The quantitative estimate of drug-likeness (QED) is 0.293. The Kier molecular flexibility index (Phi) is 7.81. The van der Waals surface area contributed by atoms with Gasteiger partial charge in [-0.3, -0.25) is 9.69 Å². The van der Waals surface area contributed by atoms with Crippen LogP contribution in [0.1, 0.15) is 23.6 Å². The maximum absolute atomic E-state index is 13.5. The molecule has 158 valence electrons. The van der Waals surface area contributed by atoms with Gasteiger partial charge < -0.3 is 4.90 Å². The third kappa shape index (κ3) is 4.84. The van der Waals surface area contributed by atoms with Crippen LogP contribution >= 0.6 is 51.0 Å². The van der Waals surface area contributed by atoms with Gasteiger partial charge in [0.25, 0.3) is 5.91 Å². The number of nitrogens with zero attached hydrogens (tertiary/aromatic N) is 4. The van der Waals surface area contributed by atoms with Gasteiger partial charge in [-0.15, -0.1) is 23.7 Å². The molecule has 0 aliphatic carbocycles. The third-order valence-electron chi connectivity index (χ3n) is 4.83. The summed E-state index contributed by atoms with van der Waals surface area (Å²) in [7, 11) is 0. The number of fused-ring (bicyclic) bond motifs is 2. The van der Waals surface area contributed by atoms with Crippen molar-refractivity contribution in [3.63, 3.8) is 0 Å². The van der Waals surface area contributed by atoms with Crippen LogP contribution in [0.25, 0.3) is 20.4 Å².